The van der Waals surface area contributed by atoms with Gasteiger partial charge in [0.15, 0.2) is 0 Å². The summed E-state index contributed by atoms with van der Waals surface area (Å²) in [7, 11) is -4.11. The number of benzene rings is 3. The molecule has 0 aliphatic carbocycles. The Kier molecular flexibility index (Phi) is 6.09. The molecule has 7 nitrogen and oxygen atoms in total. The molecular formula is C21H16ClN2O5S-. The number of carboxylic acids is 1. The number of rotatable bonds is 6. The maximum absolute atomic E-state index is 12.7. The molecule has 0 saturated heterocycles. The van der Waals surface area contributed by atoms with E-state index in [2.05, 4.69) is 10.0 Å². The van der Waals surface area contributed by atoms with Crippen molar-refractivity contribution >= 4 is 44.9 Å². The fraction of sp³-hybridized carbons (Fsp3) is 0.0476. The van der Waals surface area contributed by atoms with Crippen LogP contribution in [0.3, 0.4) is 0 Å². The zero-order valence-corrected chi connectivity index (χ0v) is 17.3. The number of anilines is 2. The molecule has 0 spiro atoms. The van der Waals surface area contributed by atoms with E-state index in [0.29, 0.717) is 5.69 Å². The van der Waals surface area contributed by atoms with E-state index in [1.165, 1.54) is 30.3 Å². The summed E-state index contributed by atoms with van der Waals surface area (Å²) in [5, 5.41) is 13.7. The first-order valence-corrected chi connectivity index (χ1v) is 10.5. The Morgan fingerprint density at radius 3 is 2.30 bits per heavy atom. The van der Waals surface area contributed by atoms with Crippen molar-refractivity contribution in [1.82, 2.24) is 0 Å². The van der Waals surface area contributed by atoms with Crippen molar-refractivity contribution in [2.45, 2.75) is 11.8 Å². The summed E-state index contributed by atoms with van der Waals surface area (Å²) < 4.78 is 27.7. The molecule has 0 aromatic heterocycles. The Balaban J connectivity index is 1.87. The minimum Gasteiger partial charge on any atom is -0.545 e. The number of sulfonamides is 1. The Bertz CT molecular complexity index is 1220. The van der Waals surface area contributed by atoms with Crippen molar-refractivity contribution in [3.63, 3.8) is 0 Å². The van der Waals surface area contributed by atoms with E-state index in [1.54, 1.807) is 12.1 Å². The molecular weight excluding hydrogens is 428 g/mol. The minimum atomic E-state index is -4.11. The molecule has 0 bridgehead atoms. The lowest BCUT2D eigenvalue weighted by Crippen LogP contribution is -2.22. The first-order chi connectivity index (χ1) is 14.2. The molecule has 3 aromatic rings. The highest BCUT2D eigenvalue weighted by Gasteiger charge is 2.19. The molecule has 0 radical (unpaired) electrons. The van der Waals surface area contributed by atoms with Crippen LogP contribution in [-0.2, 0) is 10.0 Å². The average Bonchev–Trinajstić information content (AvgIpc) is 2.69. The number of carbonyl (C=O) groups is 2. The van der Waals surface area contributed by atoms with E-state index in [9.17, 15) is 23.1 Å². The molecule has 3 aromatic carbocycles. The molecule has 1 amide bonds. The normalized spacial score (nSPS) is 11.0. The maximum atomic E-state index is 12.7. The molecule has 0 unspecified atom stereocenters. The van der Waals surface area contributed by atoms with Gasteiger partial charge in [-0.1, -0.05) is 41.4 Å². The summed E-state index contributed by atoms with van der Waals surface area (Å²) in [6.07, 6.45) is 0. The van der Waals surface area contributed by atoms with Crippen LogP contribution >= 0.6 is 11.6 Å². The number of carboxylic acid groups (broad SMARTS) is 1. The van der Waals surface area contributed by atoms with Crippen molar-refractivity contribution in [2.75, 3.05) is 10.0 Å². The first kappa shape index (κ1) is 21.4. The fourth-order valence-electron chi connectivity index (χ4n) is 2.60. The van der Waals surface area contributed by atoms with Crippen molar-refractivity contribution in [3.05, 3.63) is 88.4 Å². The van der Waals surface area contributed by atoms with Crippen LogP contribution in [0.2, 0.25) is 5.02 Å². The van der Waals surface area contributed by atoms with Crippen LogP contribution in [0.4, 0.5) is 11.4 Å². The average molecular weight is 444 g/mol. The highest BCUT2D eigenvalue weighted by atomic mass is 35.5. The lowest BCUT2D eigenvalue weighted by molar-refractivity contribution is -0.255. The van der Waals surface area contributed by atoms with Gasteiger partial charge >= 0.3 is 0 Å². The largest absolute Gasteiger partial charge is 0.545 e. The summed E-state index contributed by atoms with van der Waals surface area (Å²) >= 11 is 6.10. The SMILES string of the molecule is Cc1ccc(NC(=O)c2cc(S(=O)(=O)Nc3cccc(C(=O)[O-])c3)ccc2Cl)cc1. The van der Waals surface area contributed by atoms with E-state index in [0.717, 1.165) is 17.7 Å². The Hall–Kier alpha value is -3.36. The molecule has 30 heavy (non-hydrogen) atoms. The number of aryl methyl sites for hydroxylation is 1. The van der Waals surface area contributed by atoms with E-state index in [-0.39, 0.29) is 26.7 Å². The van der Waals surface area contributed by atoms with Gasteiger partial charge < -0.3 is 15.2 Å². The lowest BCUT2D eigenvalue weighted by atomic mass is 10.2. The van der Waals surface area contributed by atoms with Crippen molar-refractivity contribution in [1.29, 1.82) is 0 Å². The van der Waals surface area contributed by atoms with E-state index in [4.69, 9.17) is 11.6 Å². The van der Waals surface area contributed by atoms with E-state index in [1.807, 2.05) is 19.1 Å². The van der Waals surface area contributed by atoms with Crippen LogP contribution in [0, 0.1) is 6.92 Å². The Morgan fingerprint density at radius 2 is 1.63 bits per heavy atom. The van der Waals surface area contributed by atoms with Crippen LogP contribution < -0.4 is 15.1 Å². The molecule has 0 atom stereocenters. The summed E-state index contributed by atoms with van der Waals surface area (Å²) in [6, 6.07) is 16.0. The second kappa shape index (κ2) is 8.56. The molecule has 3 rings (SSSR count). The number of aromatic carboxylic acids is 1. The quantitative estimate of drug-likeness (QED) is 0.607. The second-order valence-electron chi connectivity index (χ2n) is 6.44. The molecule has 154 valence electrons. The fourth-order valence-corrected chi connectivity index (χ4v) is 3.88. The molecule has 0 heterocycles. The molecule has 2 N–H and O–H groups in total. The van der Waals surface area contributed by atoms with Gasteiger partial charge in [0.1, 0.15) is 0 Å². The van der Waals surface area contributed by atoms with Crippen LogP contribution in [0.15, 0.2) is 71.6 Å². The third-order valence-corrected chi connectivity index (χ3v) is 5.86. The van der Waals surface area contributed by atoms with Gasteiger partial charge in [0.25, 0.3) is 15.9 Å². The molecule has 9 heteroatoms. The summed E-state index contributed by atoms with van der Waals surface area (Å²) in [6.45, 7) is 1.91. The molecule has 0 aliphatic rings. The third-order valence-electron chi connectivity index (χ3n) is 4.15. The van der Waals surface area contributed by atoms with Gasteiger partial charge in [-0.05, 0) is 55.0 Å². The monoisotopic (exact) mass is 443 g/mol. The second-order valence-corrected chi connectivity index (χ2v) is 8.53. The van der Waals surface area contributed by atoms with Crippen LogP contribution in [0.1, 0.15) is 26.3 Å². The van der Waals surface area contributed by atoms with E-state index >= 15 is 0 Å². The van der Waals surface area contributed by atoms with Crippen molar-refractivity contribution < 1.29 is 23.1 Å². The molecule has 0 aliphatic heterocycles. The highest BCUT2D eigenvalue weighted by Crippen LogP contribution is 2.24. The standard InChI is InChI=1S/C21H17ClN2O5S/c1-13-5-7-15(8-6-13)23-20(25)18-12-17(9-10-19(18)22)30(28,29)24-16-4-2-3-14(11-16)21(26)27/h2-12,24H,1H3,(H,23,25)(H,26,27)/p-1. The third kappa shape index (κ3) is 4.97. The summed E-state index contributed by atoms with van der Waals surface area (Å²) in [5.74, 6) is -2.00. The lowest BCUT2D eigenvalue weighted by Gasteiger charge is -2.12. The molecule has 0 fully saturated rings. The predicted octanol–water partition coefficient (Wildman–Crippen LogP) is 3.07. The first-order valence-electron chi connectivity index (χ1n) is 8.67. The van der Waals surface area contributed by atoms with Crippen LogP contribution in [-0.4, -0.2) is 20.3 Å². The Morgan fingerprint density at radius 1 is 0.933 bits per heavy atom. The predicted molar refractivity (Wildman–Crippen MR) is 112 cm³/mol. The topological polar surface area (TPSA) is 115 Å². The van der Waals surface area contributed by atoms with Gasteiger partial charge in [-0.15, -0.1) is 0 Å². The molecule has 0 saturated carbocycles. The van der Waals surface area contributed by atoms with Crippen LogP contribution in [0.5, 0.6) is 0 Å². The number of halogens is 1. The number of carbonyl (C=O) groups excluding carboxylic acids is 2. The van der Waals surface area contributed by atoms with E-state index < -0.39 is 21.9 Å². The van der Waals surface area contributed by atoms with Gasteiger partial charge in [-0.2, -0.15) is 0 Å². The Labute approximate surface area is 178 Å². The minimum absolute atomic E-state index is 0.0244. The number of nitrogens with one attached hydrogen (secondary N) is 2. The highest BCUT2D eigenvalue weighted by molar-refractivity contribution is 7.92. The van der Waals surface area contributed by atoms with Crippen molar-refractivity contribution in [3.8, 4) is 0 Å². The maximum Gasteiger partial charge on any atom is 0.261 e. The summed E-state index contributed by atoms with van der Waals surface area (Å²) in [5.41, 5.74) is 1.39. The zero-order valence-electron chi connectivity index (χ0n) is 15.7. The van der Waals surface area contributed by atoms with Gasteiger partial charge in [0.05, 0.1) is 21.5 Å². The summed E-state index contributed by atoms with van der Waals surface area (Å²) in [4.78, 5) is 23.4. The van der Waals surface area contributed by atoms with Gasteiger partial charge in [-0.25, -0.2) is 8.42 Å². The van der Waals surface area contributed by atoms with Gasteiger partial charge in [0.2, 0.25) is 0 Å². The van der Waals surface area contributed by atoms with Gasteiger partial charge in [0, 0.05) is 11.4 Å². The zero-order chi connectivity index (χ0) is 21.9. The number of hydrogen-bond donors (Lipinski definition) is 2. The smallest absolute Gasteiger partial charge is 0.261 e. The van der Waals surface area contributed by atoms with Crippen molar-refractivity contribution in [2.24, 2.45) is 0 Å². The van der Waals surface area contributed by atoms with Crippen LogP contribution in [0.25, 0.3) is 0 Å². The number of hydrogen-bond acceptors (Lipinski definition) is 5. The number of amides is 1. The van der Waals surface area contributed by atoms with Gasteiger partial charge in [-0.3, -0.25) is 9.52 Å².